The molecule has 0 radical (unpaired) electrons. The molecule has 1 saturated heterocycles. The van der Waals surface area contributed by atoms with Crippen molar-refractivity contribution in [2.45, 2.75) is 33.2 Å². The van der Waals surface area contributed by atoms with Crippen LogP contribution in [0.15, 0.2) is 24.3 Å². The SMILES string of the molecule is CCN1C(=O)C(C)(C(C)C)N(C(=O)c2ccc(Cl)cc2)S1(=O)=O. The number of rotatable bonds is 3. The third kappa shape index (κ3) is 2.52. The number of hydrogen-bond donors (Lipinski definition) is 0. The molecule has 1 fully saturated rings. The van der Waals surface area contributed by atoms with Gasteiger partial charge >= 0.3 is 10.2 Å². The van der Waals surface area contributed by atoms with Crippen LogP contribution < -0.4 is 0 Å². The Labute approximate surface area is 141 Å². The van der Waals surface area contributed by atoms with E-state index >= 15 is 0 Å². The largest absolute Gasteiger partial charge is 0.332 e. The third-order valence-corrected chi connectivity index (χ3v) is 6.52. The van der Waals surface area contributed by atoms with E-state index in [0.29, 0.717) is 9.33 Å². The van der Waals surface area contributed by atoms with Crippen molar-refractivity contribution in [2.24, 2.45) is 5.92 Å². The molecule has 6 nitrogen and oxygen atoms in total. The molecule has 0 N–H and O–H groups in total. The molecule has 1 unspecified atom stereocenters. The first-order chi connectivity index (χ1) is 10.6. The predicted molar refractivity (Wildman–Crippen MR) is 87.2 cm³/mol. The zero-order chi connectivity index (χ0) is 17.6. The summed E-state index contributed by atoms with van der Waals surface area (Å²) in [5.41, 5.74) is -1.29. The van der Waals surface area contributed by atoms with Crippen LogP contribution in [0.3, 0.4) is 0 Å². The van der Waals surface area contributed by atoms with Crippen molar-refractivity contribution in [1.82, 2.24) is 8.61 Å². The van der Waals surface area contributed by atoms with Gasteiger partial charge in [0.15, 0.2) is 0 Å². The second-order valence-corrected chi connectivity index (χ2v) is 7.99. The Morgan fingerprint density at radius 1 is 1.26 bits per heavy atom. The van der Waals surface area contributed by atoms with Gasteiger partial charge in [0.05, 0.1) is 0 Å². The Hall–Kier alpha value is -1.60. The van der Waals surface area contributed by atoms with E-state index in [4.69, 9.17) is 11.6 Å². The lowest BCUT2D eigenvalue weighted by Gasteiger charge is -2.33. The summed E-state index contributed by atoms with van der Waals surface area (Å²) in [5.74, 6) is -1.70. The lowest BCUT2D eigenvalue weighted by Crippen LogP contribution is -2.53. The highest BCUT2D eigenvalue weighted by Gasteiger charge is 2.61. The van der Waals surface area contributed by atoms with Crippen molar-refractivity contribution in [3.8, 4) is 0 Å². The van der Waals surface area contributed by atoms with Crippen LogP contribution in [-0.4, -0.2) is 40.9 Å². The summed E-state index contributed by atoms with van der Waals surface area (Å²) in [7, 11) is -4.20. The van der Waals surface area contributed by atoms with E-state index in [9.17, 15) is 18.0 Å². The highest BCUT2D eigenvalue weighted by Crippen LogP contribution is 2.39. The summed E-state index contributed by atoms with van der Waals surface area (Å²) in [6.07, 6.45) is 0. The number of likely N-dealkylation sites (N-methyl/N-ethyl adjacent to an activating group) is 1. The lowest BCUT2D eigenvalue weighted by molar-refractivity contribution is -0.133. The zero-order valence-electron chi connectivity index (χ0n) is 13.4. The highest BCUT2D eigenvalue weighted by atomic mass is 35.5. The molecule has 0 saturated carbocycles. The summed E-state index contributed by atoms with van der Waals surface area (Å²) in [5, 5.41) is 0.434. The minimum Gasteiger partial charge on any atom is -0.271 e. The maximum atomic E-state index is 12.8. The molecule has 23 heavy (non-hydrogen) atoms. The maximum Gasteiger partial charge on any atom is 0.332 e. The van der Waals surface area contributed by atoms with E-state index in [1.54, 1.807) is 20.8 Å². The van der Waals surface area contributed by atoms with Gasteiger partial charge in [0.2, 0.25) is 0 Å². The van der Waals surface area contributed by atoms with Crippen molar-refractivity contribution in [3.05, 3.63) is 34.9 Å². The fourth-order valence-corrected chi connectivity index (χ4v) is 4.72. The average molecular weight is 359 g/mol. The molecule has 8 heteroatoms. The second-order valence-electron chi connectivity index (χ2n) is 5.86. The first kappa shape index (κ1) is 17.7. The van der Waals surface area contributed by atoms with Gasteiger partial charge in [-0.25, -0.2) is 8.61 Å². The molecule has 1 aliphatic heterocycles. The van der Waals surface area contributed by atoms with Crippen LogP contribution in [0.4, 0.5) is 0 Å². The van der Waals surface area contributed by atoms with Gasteiger partial charge in [-0.2, -0.15) is 8.42 Å². The van der Waals surface area contributed by atoms with Gasteiger partial charge in [0, 0.05) is 17.1 Å². The first-order valence-electron chi connectivity index (χ1n) is 7.25. The van der Waals surface area contributed by atoms with Gasteiger partial charge in [-0.15, -0.1) is 0 Å². The Morgan fingerprint density at radius 3 is 2.22 bits per heavy atom. The molecular weight excluding hydrogens is 340 g/mol. The van der Waals surface area contributed by atoms with Crippen LogP contribution >= 0.6 is 11.6 Å². The Bertz CT molecular complexity index is 745. The minimum atomic E-state index is -4.20. The van der Waals surface area contributed by atoms with Crippen molar-refractivity contribution in [1.29, 1.82) is 0 Å². The van der Waals surface area contributed by atoms with Crippen LogP contribution in [0.2, 0.25) is 5.02 Å². The summed E-state index contributed by atoms with van der Waals surface area (Å²) in [6.45, 7) is 6.46. The molecule has 2 amide bonds. The molecule has 0 aromatic heterocycles. The van der Waals surface area contributed by atoms with E-state index in [1.165, 1.54) is 31.2 Å². The van der Waals surface area contributed by atoms with Gasteiger partial charge < -0.3 is 0 Å². The van der Waals surface area contributed by atoms with Crippen LogP contribution in [0.1, 0.15) is 38.1 Å². The van der Waals surface area contributed by atoms with E-state index in [-0.39, 0.29) is 18.0 Å². The molecule has 126 valence electrons. The molecule has 1 aromatic rings. The molecule has 1 heterocycles. The maximum absolute atomic E-state index is 12.8. The van der Waals surface area contributed by atoms with E-state index < -0.39 is 27.6 Å². The number of nitrogens with zero attached hydrogens (tertiary/aromatic N) is 2. The average Bonchev–Trinajstić information content (AvgIpc) is 2.62. The fourth-order valence-electron chi connectivity index (χ4n) is 2.60. The van der Waals surface area contributed by atoms with Gasteiger partial charge in [0.25, 0.3) is 11.8 Å². The molecule has 0 aliphatic carbocycles. The number of amides is 2. The molecular formula is C15H19ClN2O4S. The zero-order valence-corrected chi connectivity index (χ0v) is 15.0. The van der Waals surface area contributed by atoms with Crippen molar-refractivity contribution in [3.63, 3.8) is 0 Å². The number of halogens is 1. The fraction of sp³-hybridized carbons (Fsp3) is 0.467. The molecule has 0 spiro atoms. The van der Waals surface area contributed by atoms with E-state index in [2.05, 4.69) is 0 Å². The normalized spacial score (nSPS) is 23.7. The van der Waals surface area contributed by atoms with Crippen molar-refractivity contribution >= 4 is 33.6 Å². The Kier molecular flexibility index (Phi) is 4.47. The van der Waals surface area contributed by atoms with E-state index in [0.717, 1.165) is 4.31 Å². The van der Waals surface area contributed by atoms with E-state index in [1.807, 2.05) is 0 Å². The topological polar surface area (TPSA) is 74.8 Å². The van der Waals surface area contributed by atoms with Crippen molar-refractivity contribution < 1.29 is 18.0 Å². The Balaban J connectivity index is 2.62. The van der Waals surface area contributed by atoms with Crippen molar-refractivity contribution in [2.75, 3.05) is 6.54 Å². The molecule has 0 bridgehead atoms. The minimum absolute atomic E-state index is 0.0200. The quantitative estimate of drug-likeness (QED) is 0.830. The summed E-state index contributed by atoms with van der Waals surface area (Å²) >= 11 is 5.80. The third-order valence-electron chi connectivity index (χ3n) is 4.28. The Morgan fingerprint density at radius 2 is 1.78 bits per heavy atom. The standard InChI is InChI=1S/C15H19ClN2O4S/c1-5-17-14(20)15(4,10(2)3)18(23(17,21)22)13(19)11-6-8-12(16)9-7-11/h6-10H,5H2,1-4H3. The smallest absolute Gasteiger partial charge is 0.271 e. The lowest BCUT2D eigenvalue weighted by atomic mass is 9.87. The number of hydrogen-bond acceptors (Lipinski definition) is 4. The summed E-state index contributed by atoms with van der Waals surface area (Å²) in [4.78, 5) is 25.5. The van der Waals surface area contributed by atoms with Crippen LogP contribution in [0.25, 0.3) is 0 Å². The molecule has 1 aliphatic rings. The highest BCUT2D eigenvalue weighted by molar-refractivity contribution is 7.88. The van der Waals surface area contributed by atoms with Gasteiger partial charge in [-0.3, -0.25) is 9.59 Å². The number of carbonyl (C=O) groups excluding carboxylic acids is 2. The summed E-state index contributed by atoms with van der Waals surface area (Å²) in [6, 6.07) is 5.90. The van der Waals surface area contributed by atoms with Gasteiger partial charge in [-0.1, -0.05) is 25.4 Å². The second kappa shape index (κ2) is 5.79. The van der Waals surface area contributed by atoms with Gasteiger partial charge in [0.1, 0.15) is 5.54 Å². The van der Waals surface area contributed by atoms with Crippen LogP contribution in [0, 0.1) is 5.92 Å². The summed E-state index contributed by atoms with van der Waals surface area (Å²) < 4.78 is 26.9. The monoisotopic (exact) mass is 358 g/mol. The first-order valence-corrected chi connectivity index (χ1v) is 9.03. The molecule has 1 aromatic carbocycles. The van der Waals surface area contributed by atoms with Crippen LogP contribution in [-0.2, 0) is 15.0 Å². The van der Waals surface area contributed by atoms with Gasteiger partial charge in [-0.05, 0) is 44.0 Å². The number of benzene rings is 1. The molecule has 1 atom stereocenters. The predicted octanol–water partition coefficient (Wildman–Crippen LogP) is 2.30. The van der Waals surface area contributed by atoms with Crippen LogP contribution in [0.5, 0.6) is 0 Å². The number of carbonyl (C=O) groups is 2. The molecule has 2 rings (SSSR count).